The zero-order valence-electron chi connectivity index (χ0n) is 28.2. The van der Waals surface area contributed by atoms with Crippen molar-refractivity contribution in [3.8, 4) is 0 Å². The number of hydrogen-bond donors (Lipinski definition) is 2. The first-order chi connectivity index (χ1) is 24.3. The number of nitrogens with one attached hydrogen (secondary N) is 1. The number of aliphatic hydroxyl groups excluding tert-OH is 1. The third-order valence-corrected chi connectivity index (χ3v) is 10.2. The summed E-state index contributed by atoms with van der Waals surface area (Å²) in [5.41, 5.74) is 0.227. The number of esters is 1. The van der Waals surface area contributed by atoms with Gasteiger partial charge < -0.3 is 29.7 Å². The van der Waals surface area contributed by atoms with Crippen molar-refractivity contribution in [3.05, 3.63) is 104 Å². The molecule has 3 amide bonds. The number of nitrogens with zero attached hydrogens (tertiary/aromatic N) is 2. The maximum Gasteiger partial charge on any atom is 0.306 e. The summed E-state index contributed by atoms with van der Waals surface area (Å²) in [6.07, 6.45) is 5.32. The fraction of sp³-hybridized carbons (Fsp3) is 0.400. The van der Waals surface area contributed by atoms with Gasteiger partial charge in [-0.15, -0.1) is 13.2 Å². The van der Waals surface area contributed by atoms with Gasteiger partial charge in [0.15, 0.2) is 0 Å². The molecule has 50 heavy (non-hydrogen) atoms. The maximum absolute atomic E-state index is 14.8. The highest BCUT2D eigenvalue weighted by Gasteiger charge is 2.74. The maximum atomic E-state index is 14.8. The molecule has 3 heterocycles. The second-order valence-corrected chi connectivity index (χ2v) is 13.3. The molecule has 6 rings (SSSR count). The largest absolute Gasteiger partial charge is 0.463 e. The van der Waals surface area contributed by atoms with Crippen molar-refractivity contribution in [2.75, 3.05) is 31.2 Å². The number of aliphatic hydroxyl groups is 1. The predicted molar refractivity (Wildman–Crippen MR) is 190 cm³/mol. The fourth-order valence-electron chi connectivity index (χ4n) is 7.95. The Kier molecular flexibility index (Phi) is 10.8. The Morgan fingerprint density at radius 1 is 1.04 bits per heavy atom. The van der Waals surface area contributed by atoms with Gasteiger partial charge in [-0.1, -0.05) is 72.8 Å². The third kappa shape index (κ3) is 6.69. The van der Waals surface area contributed by atoms with Crippen LogP contribution >= 0.6 is 0 Å². The predicted octanol–water partition coefficient (Wildman–Crippen LogP) is 4.87. The summed E-state index contributed by atoms with van der Waals surface area (Å²) in [5.74, 6) is -3.10. The van der Waals surface area contributed by atoms with E-state index in [1.165, 1.54) is 0 Å². The van der Waals surface area contributed by atoms with Crippen molar-refractivity contribution in [2.24, 2.45) is 11.8 Å². The first kappa shape index (κ1) is 35.0. The van der Waals surface area contributed by atoms with E-state index < -0.39 is 41.6 Å². The van der Waals surface area contributed by atoms with Crippen molar-refractivity contribution < 1.29 is 33.8 Å². The van der Waals surface area contributed by atoms with Crippen molar-refractivity contribution >= 4 is 40.2 Å². The van der Waals surface area contributed by atoms with E-state index in [0.717, 1.165) is 16.3 Å². The molecule has 0 radical (unpaired) electrons. The summed E-state index contributed by atoms with van der Waals surface area (Å²) in [6, 6.07) is 21.3. The molecule has 3 saturated heterocycles. The third-order valence-electron chi connectivity index (χ3n) is 10.2. The van der Waals surface area contributed by atoms with Crippen LogP contribution in [0, 0.1) is 11.8 Å². The van der Waals surface area contributed by atoms with E-state index >= 15 is 0 Å². The van der Waals surface area contributed by atoms with Crippen LogP contribution in [0.4, 0.5) is 5.69 Å². The van der Waals surface area contributed by atoms with Gasteiger partial charge in [-0.3, -0.25) is 19.2 Å². The van der Waals surface area contributed by atoms with Crippen LogP contribution in [0.5, 0.6) is 0 Å². The molecule has 3 aromatic rings. The first-order valence-corrected chi connectivity index (χ1v) is 17.4. The average molecular weight is 680 g/mol. The molecular formula is C40H45N3O7. The highest BCUT2D eigenvalue weighted by molar-refractivity contribution is 6.05. The molecule has 0 unspecified atom stereocenters. The minimum atomic E-state index is -1.20. The van der Waals surface area contributed by atoms with Gasteiger partial charge in [0.25, 0.3) is 5.91 Å². The van der Waals surface area contributed by atoms with Crippen molar-refractivity contribution in [3.63, 3.8) is 0 Å². The smallest absolute Gasteiger partial charge is 0.306 e. The molecule has 0 aliphatic carbocycles. The quantitative estimate of drug-likeness (QED) is 0.126. The zero-order chi connectivity index (χ0) is 35.3. The van der Waals surface area contributed by atoms with E-state index in [1.54, 1.807) is 22.0 Å². The average Bonchev–Trinajstić information content (AvgIpc) is 3.78. The highest BCUT2D eigenvalue weighted by Crippen LogP contribution is 2.58. The van der Waals surface area contributed by atoms with E-state index in [-0.39, 0.29) is 50.4 Å². The van der Waals surface area contributed by atoms with Gasteiger partial charge in [0.05, 0.1) is 24.0 Å². The second kappa shape index (κ2) is 15.4. The first-order valence-electron chi connectivity index (χ1n) is 17.4. The number of ether oxygens (including phenoxy) is 2. The lowest BCUT2D eigenvalue weighted by molar-refractivity contribution is -0.146. The fourth-order valence-corrected chi connectivity index (χ4v) is 7.95. The van der Waals surface area contributed by atoms with E-state index in [4.69, 9.17) is 9.47 Å². The Morgan fingerprint density at radius 3 is 2.54 bits per heavy atom. The van der Waals surface area contributed by atoms with E-state index in [2.05, 4.69) is 18.5 Å². The number of fused-ring (bicyclic) bond motifs is 2. The van der Waals surface area contributed by atoms with Crippen LogP contribution in [-0.4, -0.2) is 77.7 Å². The van der Waals surface area contributed by atoms with Gasteiger partial charge >= 0.3 is 5.97 Å². The van der Waals surface area contributed by atoms with Gasteiger partial charge in [0.1, 0.15) is 18.2 Å². The SMILES string of the molecule is C=CCCC(=O)OC[C@@H](NC(=O)[C@@H]1[C@@H]2CC[C@]3(O2)[C@H](C(=O)N(CC=C)c2ccc4ccccc4c2)N(CCCCO)C(=O)[C@@H]13)c1ccccc1. The van der Waals surface area contributed by atoms with Crippen LogP contribution in [0.25, 0.3) is 10.8 Å². The molecular weight excluding hydrogens is 634 g/mol. The zero-order valence-corrected chi connectivity index (χ0v) is 28.2. The highest BCUT2D eigenvalue weighted by atomic mass is 16.5. The standard InChI is InChI=1S/C40H45N3O7/c1-3-5-17-33(45)49-26-31(28-14-7-6-8-15-28)41-37(46)34-32-20-21-40(50-32)35(34)38(47)43(23-11-12-24-44)36(40)39(48)42(22-4-2)30-19-18-27-13-9-10-16-29(27)25-30/h3-4,6-10,13-16,18-19,25,31-32,34-36,44H,1-2,5,11-12,17,20-24,26H2,(H,41,46)/t31-,32+,34-,35-,36+,40-/m1/s1. The van der Waals surface area contributed by atoms with Gasteiger partial charge in [-0.05, 0) is 60.6 Å². The minimum absolute atomic E-state index is 0.0441. The van der Waals surface area contributed by atoms with Gasteiger partial charge in [-0.25, -0.2) is 0 Å². The molecule has 262 valence electrons. The van der Waals surface area contributed by atoms with Crippen LogP contribution in [0.2, 0.25) is 0 Å². The molecule has 2 bridgehead atoms. The summed E-state index contributed by atoms with van der Waals surface area (Å²) in [4.78, 5) is 59.2. The number of amides is 3. The Morgan fingerprint density at radius 2 is 1.80 bits per heavy atom. The van der Waals surface area contributed by atoms with E-state index in [9.17, 15) is 24.3 Å². The number of unbranched alkanes of at least 4 members (excludes halogenated alkanes) is 1. The van der Waals surface area contributed by atoms with Gasteiger partial charge in [0.2, 0.25) is 11.8 Å². The molecule has 10 nitrogen and oxygen atoms in total. The molecule has 3 fully saturated rings. The van der Waals surface area contributed by atoms with E-state index in [1.807, 2.05) is 72.8 Å². The summed E-state index contributed by atoms with van der Waals surface area (Å²) in [6.45, 7) is 7.89. The van der Waals surface area contributed by atoms with Crippen molar-refractivity contribution in [1.29, 1.82) is 0 Å². The van der Waals surface area contributed by atoms with Crippen molar-refractivity contribution in [2.45, 2.75) is 62.3 Å². The van der Waals surface area contributed by atoms with Crippen LogP contribution < -0.4 is 10.2 Å². The second-order valence-electron chi connectivity index (χ2n) is 13.3. The molecule has 3 aromatic carbocycles. The molecule has 10 heteroatoms. The van der Waals surface area contributed by atoms with E-state index in [0.29, 0.717) is 37.8 Å². The number of likely N-dealkylation sites (tertiary alicyclic amines) is 1. The number of anilines is 1. The normalized spacial score (nSPS) is 24.1. The lowest BCUT2D eigenvalue weighted by Gasteiger charge is -2.37. The lowest BCUT2D eigenvalue weighted by atomic mass is 9.70. The van der Waals surface area contributed by atoms with Gasteiger partial charge in [-0.2, -0.15) is 0 Å². The molecule has 3 aliphatic heterocycles. The van der Waals surface area contributed by atoms with Crippen LogP contribution in [0.15, 0.2) is 98.1 Å². The number of rotatable bonds is 16. The Hall–Kier alpha value is -4.80. The van der Waals surface area contributed by atoms with Crippen LogP contribution in [-0.2, 0) is 28.7 Å². The molecule has 0 saturated carbocycles. The number of carbonyl (C=O) groups excluding carboxylic acids is 4. The summed E-state index contributed by atoms with van der Waals surface area (Å²) in [5, 5.41) is 14.6. The number of carbonyl (C=O) groups is 4. The van der Waals surface area contributed by atoms with Crippen molar-refractivity contribution in [1.82, 2.24) is 10.2 Å². The number of benzene rings is 3. The monoisotopic (exact) mass is 679 g/mol. The Labute approximate surface area is 292 Å². The number of hydrogen-bond acceptors (Lipinski definition) is 7. The van der Waals surface area contributed by atoms with Crippen LogP contribution in [0.1, 0.15) is 50.1 Å². The molecule has 0 aromatic heterocycles. The molecule has 1 spiro atoms. The Balaban J connectivity index is 1.31. The Bertz CT molecular complexity index is 1740. The molecule has 6 atom stereocenters. The molecule has 2 N–H and O–H groups in total. The summed E-state index contributed by atoms with van der Waals surface area (Å²) in [7, 11) is 0. The minimum Gasteiger partial charge on any atom is -0.463 e. The van der Waals surface area contributed by atoms with Crippen LogP contribution in [0.3, 0.4) is 0 Å². The molecule has 3 aliphatic rings. The lowest BCUT2D eigenvalue weighted by Crippen LogP contribution is -2.56. The van der Waals surface area contributed by atoms with Gasteiger partial charge in [0, 0.05) is 31.8 Å². The topological polar surface area (TPSA) is 125 Å². The summed E-state index contributed by atoms with van der Waals surface area (Å²) < 4.78 is 12.2. The number of allylic oxidation sites excluding steroid dienone is 1. The summed E-state index contributed by atoms with van der Waals surface area (Å²) >= 11 is 0.